The van der Waals surface area contributed by atoms with Crippen molar-refractivity contribution in [2.24, 2.45) is 0 Å². The minimum Gasteiger partial charge on any atom is -0.469 e. The van der Waals surface area contributed by atoms with E-state index in [2.05, 4.69) is 26.7 Å². The average molecular weight is 478 g/mol. The zero-order valence-electron chi connectivity index (χ0n) is 19.9. The average Bonchev–Trinajstić information content (AvgIpc) is 3.57. The van der Waals surface area contributed by atoms with Gasteiger partial charge in [-0.2, -0.15) is 5.10 Å². The Balaban J connectivity index is 1.44. The number of ether oxygens (including phenoxy) is 1. The summed E-state index contributed by atoms with van der Waals surface area (Å²) in [7, 11) is 1.43. The normalized spacial score (nSPS) is 18.9. The van der Waals surface area contributed by atoms with Crippen molar-refractivity contribution < 1.29 is 9.53 Å². The van der Waals surface area contributed by atoms with Crippen LogP contribution in [0.2, 0.25) is 0 Å². The largest absolute Gasteiger partial charge is 0.469 e. The first-order valence-electron chi connectivity index (χ1n) is 12.4. The van der Waals surface area contributed by atoms with Crippen molar-refractivity contribution in [3.05, 3.63) is 40.3 Å². The second kappa shape index (κ2) is 8.89. The molecule has 7 nitrogen and oxygen atoms in total. The standard InChI is InChI=1S/C26H31N5O2S/c1-16-6-7-17(15-27-16)24-20-4-3-5-21-26(34-22(28-21)14-23(32)33-2)25(20)31(29-24)19-10-12-30(13-11-19)18-8-9-18/h6-7,15,18-19H,3-5,8-14H2,1-2H3. The molecule has 1 aliphatic heterocycles. The van der Waals surface area contributed by atoms with Crippen molar-refractivity contribution in [2.75, 3.05) is 20.2 Å². The Kier molecular flexibility index (Phi) is 5.73. The highest BCUT2D eigenvalue weighted by molar-refractivity contribution is 7.15. The topological polar surface area (TPSA) is 73.1 Å². The summed E-state index contributed by atoms with van der Waals surface area (Å²) < 4.78 is 7.22. The van der Waals surface area contributed by atoms with Crippen LogP contribution in [0.15, 0.2) is 18.3 Å². The first kappa shape index (κ1) is 21.9. The van der Waals surface area contributed by atoms with Gasteiger partial charge in [0.15, 0.2) is 0 Å². The molecule has 3 aromatic rings. The summed E-state index contributed by atoms with van der Waals surface area (Å²) in [5.74, 6) is -0.239. The smallest absolute Gasteiger partial charge is 0.312 e. The predicted molar refractivity (Wildman–Crippen MR) is 132 cm³/mol. The quantitative estimate of drug-likeness (QED) is 0.508. The summed E-state index contributed by atoms with van der Waals surface area (Å²) in [6.45, 7) is 4.31. The van der Waals surface area contributed by atoms with Crippen LogP contribution >= 0.6 is 11.3 Å². The van der Waals surface area contributed by atoms with Gasteiger partial charge in [-0.15, -0.1) is 11.3 Å². The Hall–Kier alpha value is -2.58. The molecule has 34 heavy (non-hydrogen) atoms. The Morgan fingerprint density at radius 1 is 1.15 bits per heavy atom. The minimum atomic E-state index is -0.239. The van der Waals surface area contributed by atoms with Gasteiger partial charge in [0.2, 0.25) is 0 Å². The number of aromatic nitrogens is 4. The Morgan fingerprint density at radius 3 is 2.68 bits per heavy atom. The van der Waals surface area contributed by atoms with Crippen LogP contribution < -0.4 is 0 Å². The molecule has 0 unspecified atom stereocenters. The van der Waals surface area contributed by atoms with Gasteiger partial charge in [0.1, 0.15) is 5.01 Å². The lowest BCUT2D eigenvalue weighted by molar-refractivity contribution is -0.139. The van der Waals surface area contributed by atoms with Crippen molar-refractivity contribution in [2.45, 2.75) is 70.4 Å². The molecule has 0 radical (unpaired) electrons. The van der Waals surface area contributed by atoms with Crippen LogP contribution in [0.4, 0.5) is 0 Å². The number of aryl methyl sites for hydroxylation is 2. The number of thiazole rings is 1. The van der Waals surface area contributed by atoms with E-state index in [4.69, 9.17) is 14.8 Å². The second-order valence-corrected chi connectivity index (χ2v) is 10.9. The Bertz CT molecular complexity index is 1200. The molecule has 1 saturated heterocycles. The van der Waals surface area contributed by atoms with Gasteiger partial charge in [0.25, 0.3) is 0 Å². The van der Waals surface area contributed by atoms with E-state index in [-0.39, 0.29) is 12.4 Å². The summed E-state index contributed by atoms with van der Waals surface area (Å²) in [5.41, 5.74) is 6.79. The molecule has 2 fully saturated rings. The highest BCUT2D eigenvalue weighted by Gasteiger charge is 2.35. The number of nitrogens with zero attached hydrogens (tertiary/aromatic N) is 5. The monoisotopic (exact) mass is 477 g/mol. The maximum absolute atomic E-state index is 11.9. The first-order valence-corrected chi connectivity index (χ1v) is 13.3. The van der Waals surface area contributed by atoms with Gasteiger partial charge < -0.3 is 9.64 Å². The number of carbonyl (C=O) groups excluding carboxylic acids is 1. The fourth-order valence-electron chi connectivity index (χ4n) is 5.44. The van der Waals surface area contributed by atoms with E-state index in [1.165, 1.54) is 36.1 Å². The molecule has 0 aromatic carbocycles. The Labute approximate surface area is 204 Å². The van der Waals surface area contributed by atoms with Crippen LogP contribution in [0.5, 0.6) is 0 Å². The van der Waals surface area contributed by atoms with Gasteiger partial charge in [-0.1, -0.05) is 0 Å². The van der Waals surface area contributed by atoms with Gasteiger partial charge in [0, 0.05) is 42.1 Å². The number of fused-ring (bicyclic) bond motifs is 3. The lowest BCUT2D eigenvalue weighted by Gasteiger charge is -2.32. The number of hydrogen-bond acceptors (Lipinski definition) is 7. The third kappa shape index (κ3) is 4.07. The molecule has 0 bridgehead atoms. The molecule has 4 heterocycles. The number of methoxy groups -OCH3 is 1. The second-order valence-electron chi connectivity index (χ2n) is 9.80. The number of hydrogen-bond donors (Lipinski definition) is 0. The summed E-state index contributed by atoms with van der Waals surface area (Å²) in [5, 5.41) is 6.11. The number of carbonyl (C=O) groups is 1. The van der Waals surface area contributed by atoms with E-state index in [1.54, 1.807) is 11.3 Å². The van der Waals surface area contributed by atoms with Gasteiger partial charge in [-0.25, -0.2) is 4.98 Å². The molecule has 1 saturated carbocycles. The number of pyridine rings is 1. The molecule has 0 atom stereocenters. The highest BCUT2D eigenvalue weighted by atomic mass is 32.1. The third-order valence-corrected chi connectivity index (χ3v) is 8.53. The SMILES string of the molecule is COC(=O)Cc1nc2c(s1)-c1c(c(-c3ccc(C)nc3)nn1C1CCN(C3CC3)CC1)CCC2. The molecule has 3 aliphatic rings. The fraction of sp³-hybridized carbons (Fsp3) is 0.538. The van der Waals surface area contributed by atoms with Crippen LogP contribution in [0.3, 0.4) is 0 Å². The van der Waals surface area contributed by atoms with Crippen molar-refractivity contribution in [3.63, 3.8) is 0 Å². The van der Waals surface area contributed by atoms with Crippen LogP contribution in [-0.4, -0.2) is 56.9 Å². The molecule has 0 spiro atoms. The van der Waals surface area contributed by atoms with Crippen LogP contribution in [0, 0.1) is 6.92 Å². The van der Waals surface area contributed by atoms with E-state index < -0.39 is 0 Å². The number of rotatable bonds is 5. The molecule has 6 rings (SSSR count). The van der Waals surface area contributed by atoms with Crippen LogP contribution in [0.1, 0.15) is 60.1 Å². The predicted octanol–water partition coefficient (Wildman–Crippen LogP) is 4.38. The van der Waals surface area contributed by atoms with Crippen LogP contribution in [0.25, 0.3) is 21.8 Å². The zero-order valence-corrected chi connectivity index (χ0v) is 20.7. The van der Waals surface area contributed by atoms with E-state index >= 15 is 0 Å². The lowest BCUT2D eigenvalue weighted by Crippen LogP contribution is -2.36. The fourth-order valence-corrected chi connectivity index (χ4v) is 6.61. The lowest BCUT2D eigenvalue weighted by atomic mass is 10.0. The molecular formula is C26H31N5O2S. The van der Waals surface area contributed by atoms with Crippen LogP contribution in [-0.2, 0) is 28.8 Å². The van der Waals surface area contributed by atoms with E-state index in [0.717, 1.165) is 78.9 Å². The number of piperidine rings is 1. The molecule has 178 valence electrons. The molecule has 2 aliphatic carbocycles. The van der Waals surface area contributed by atoms with Gasteiger partial charge >= 0.3 is 5.97 Å². The van der Waals surface area contributed by atoms with Crippen molar-refractivity contribution >= 4 is 17.3 Å². The molecular weight excluding hydrogens is 446 g/mol. The zero-order chi connectivity index (χ0) is 23.2. The molecule has 0 N–H and O–H groups in total. The highest BCUT2D eigenvalue weighted by Crippen LogP contribution is 2.44. The van der Waals surface area contributed by atoms with E-state index in [0.29, 0.717) is 6.04 Å². The van der Waals surface area contributed by atoms with E-state index in [9.17, 15) is 4.79 Å². The minimum absolute atomic E-state index is 0.228. The molecule has 8 heteroatoms. The number of esters is 1. The summed E-state index contributed by atoms with van der Waals surface area (Å²) in [6.07, 6.45) is 10.1. The summed E-state index contributed by atoms with van der Waals surface area (Å²) >= 11 is 1.64. The molecule has 0 amide bonds. The number of likely N-dealkylation sites (tertiary alicyclic amines) is 1. The van der Waals surface area contributed by atoms with Crippen molar-refractivity contribution in [1.82, 2.24) is 24.6 Å². The van der Waals surface area contributed by atoms with Gasteiger partial charge in [-0.05, 0) is 64.0 Å². The Morgan fingerprint density at radius 2 is 1.97 bits per heavy atom. The summed E-state index contributed by atoms with van der Waals surface area (Å²) in [4.78, 5) is 25.2. The van der Waals surface area contributed by atoms with Gasteiger partial charge in [0.05, 0.1) is 41.5 Å². The van der Waals surface area contributed by atoms with Gasteiger partial charge in [-0.3, -0.25) is 14.5 Å². The molecule has 3 aromatic heterocycles. The van der Waals surface area contributed by atoms with E-state index in [1.807, 2.05) is 13.1 Å². The summed E-state index contributed by atoms with van der Waals surface area (Å²) in [6, 6.07) is 5.41. The van der Waals surface area contributed by atoms with Crippen molar-refractivity contribution in [3.8, 4) is 21.8 Å². The maximum Gasteiger partial charge on any atom is 0.312 e. The maximum atomic E-state index is 11.9. The van der Waals surface area contributed by atoms with Crippen molar-refractivity contribution in [1.29, 1.82) is 0 Å². The third-order valence-electron chi connectivity index (χ3n) is 7.42. The first-order chi connectivity index (χ1) is 16.6.